The zero-order chi connectivity index (χ0) is 30.0. The molecule has 0 amide bonds. The molecule has 0 unspecified atom stereocenters. The number of methoxy groups -OCH3 is 1. The fourth-order valence-electron chi connectivity index (χ4n) is 5.79. The molecule has 4 atom stereocenters. The molecule has 1 saturated carbocycles. The molecule has 1 heterocycles. The van der Waals surface area contributed by atoms with Gasteiger partial charge < -0.3 is 24.5 Å². The van der Waals surface area contributed by atoms with Gasteiger partial charge in [-0.3, -0.25) is 0 Å². The second-order valence-electron chi connectivity index (χ2n) is 13.1. The molecular formula is C32H44ClN5O3Si. The monoisotopic (exact) mass is 609 g/mol. The van der Waals surface area contributed by atoms with Crippen molar-refractivity contribution in [3.8, 4) is 0 Å². The van der Waals surface area contributed by atoms with E-state index >= 15 is 0 Å². The van der Waals surface area contributed by atoms with Gasteiger partial charge in [0.05, 0.1) is 19.3 Å². The van der Waals surface area contributed by atoms with Crippen LogP contribution in [0.25, 0.3) is 0 Å². The number of nitrogens with zero attached hydrogens (tertiary/aromatic N) is 3. The highest BCUT2D eigenvalue weighted by molar-refractivity contribution is 6.74. The molecule has 1 aromatic heterocycles. The van der Waals surface area contributed by atoms with Crippen LogP contribution >= 0.6 is 11.6 Å². The number of anilines is 2. The van der Waals surface area contributed by atoms with Crippen molar-refractivity contribution in [3.05, 3.63) is 76.6 Å². The largest absolute Gasteiger partial charge is 0.413 e. The predicted molar refractivity (Wildman–Crippen MR) is 170 cm³/mol. The lowest BCUT2D eigenvalue weighted by atomic mass is 10.1. The lowest BCUT2D eigenvalue weighted by Gasteiger charge is -2.39. The number of rotatable bonds is 11. The molecule has 3 aromatic rings. The van der Waals surface area contributed by atoms with Crippen LogP contribution in [0, 0.1) is 5.92 Å². The Labute approximate surface area is 256 Å². The lowest BCUT2D eigenvalue weighted by molar-refractivity contribution is 0.0118. The Morgan fingerprint density at radius 1 is 0.976 bits per heavy atom. The first-order chi connectivity index (χ1) is 20.0. The molecule has 0 bridgehead atoms. The Hall–Kier alpha value is -2.56. The van der Waals surface area contributed by atoms with Gasteiger partial charge in [-0.1, -0.05) is 75.4 Å². The summed E-state index contributed by atoms with van der Waals surface area (Å²) in [7, 11) is -0.280. The molecule has 2 N–H and O–H groups in total. The summed E-state index contributed by atoms with van der Waals surface area (Å²) in [4.78, 5) is 13.5. The molecule has 226 valence electrons. The molecule has 2 aliphatic carbocycles. The van der Waals surface area contributed by atoms with Crippen LogP contribution in [0.2, 0.25) is 23.4 Å². The van der Waals surface area contributed by atoms with Crippen molar-refractivity contribution in [2.75, 3.05) is 24.4 Å². The van der Waals surface area contributed by atoms with Crippen LogP contribution in [-0.4, -0.2) is 49.1 Å². The van der Waals surface area contributed by atoms with Gasteiger partial charge in [-0.15, -0.1) is 0 Å². The standard InChI is InChI=1S/C32H44ClN5O3Si/c1-31(2,3)42(5,6)41-27-19-25(18-24(27)21-40-20-22-12-8-7-9-13-22)34-29-35-28(33)36-30(37-29)38-32(39-4)17-16-23-14-10-11-15-26(23)32/h7-15,24-25,27H,16-21H2,1-6H3,(H2,34,35,36,37,38)/t24-,25+,27-,32+/m0/s1. The molecule has 0 aliphatic heterocycles. The van der Waals surface area contributed by atoms with Crippen molar-refractivity contribution in [1.29, 1.82) is 0 Å². The minimum atomic E-state index is -1.99. The highest BCUT2D eigenvalue weighted by atomic mass is 35.5. The maximum atomic E-state index is 6.95. The predicted octanol–water partition coefficient (Wildman–Crippen LogP) is 7.18. The van der Waals surface area contributed by atoms with Crippen molar-refractivity contribution in [2.45, 2.75) is 89.1 Å². The van der Waals surface area contributed by atoms with E-state index in [1.54, 1.807) is 7.11 Å². The summed E-state index contributed by atoms with van der Waals surface area (Å²) < 4.78 is 19.2. The zero-order valence-corrected chi connectivity index (χ0v) is 27.4. The fourth-order valence-corrected chi connectivity index (χ4v) is 7.34. The van der Waals surface area contributed by atoms with Gasteiger partial charge in [0.1, 0.15) is 0 Å². The van der Waals surface area contributed by atoms with Crippen LogP contribution < -0.4 is 10.6 Å². The van der Waals surface area contributed by atoms with Crippen molar-refractivity contribution in [3.63, 3.8) is 0 Å². The molecule has 2 aromatic carbocycles. The summed E-state index contributed by atoms with van der Waals surface area (Å²) in [5, 5.41) is 7.21. The first kappa shape index (κ1) is 30.9. The van der Waals surface area contributed by atoms with E-state index < -0.39 is 14.0 Å². The van der Waals surface area contributed by atoms with Crippen LogP contribution in [-0.2, 0) is 32.7 Å². The van der Waals surface area contributed by atoms with Gasteiger partial charge in [0.2, 0.25) is 17.2 Å². The Balaban J connectivity index is 1.30. The van der Waals surface area contributed by atoms with E-state index in [-0.39, 0.29) is 28.4 Å². The first-order valence-corrected chi connectivity index (χ1v) is 18.2. The van der Waals surface area contributed by atoms with Gasteiger partial charge >= 0.3 is 0 Å². The van der Waals surface area contributed by atoms with Crippen LogP contribution in [0.3, 0.4) is 0 Å². The number of benzene rings is 2. The molecule has 8 nitrogen and oxygen atoms in total. The topological polar surface area (TPSA) is 90.4 Å². The third-order valence-corrected chi connectivity index (χ3v) is 13.8. The average molecular weight is 610 g/mol. The van der Waals surface area contributed by atoms with Crippen LogP contribution in [0.4, 0.5) is 11.9 Å². The molecule has 0 saturated heterocycles. The van der Waals surface area contributed by atoms with Crippen molar-refractivity contribution >= 4 is 31.8 Å². The van der Waals surface area contributed by atoms with Crippen molar-refractivity contribution in [1.82, 2.24) is 15.0 Å². The van der Waals surface area contributed by atoms with E-state index in [4.69, 9.17) is 30.5 Å². The summed E-state index contributed by atoms with van der Waals surface area (Å²) in [6, 6.07) is 18.7. The SMILES string of the molecule is CO[C@]1(Nc2nc(Cl)nc(N[C@@H]3C[C@@H](COCc4ccccc4)[C@@H](O[Si](C)(C)C(C)(C)C)C3)n2)CCc2ccccc21. The number of fused-ring (bicyclic) bond motifs is 1. The Morgan fingerprint density at radius 3 is 2.43 bits per heavy atom. The summed E-state index contributed by atoms with van der Waals surface area (Å²) in [6.07, 6.45) is 3.49. The van der Waals surface area contributed by atoms with Gasteiger partial charge in [-0.2, -0.15) is 15.0 Å². The summed E-state index contributed by atoms with van der Waals surface area (Å²) in [5.74, 6) is 1.07. The smallest absolute Gasteiger partial charge is 0.231 e. The Morgan fingerprint density at radius 2 is 1.69 bits per heavy atom. The van der Waals surface area contributed by atoms with Crippen LogP contribution in [0.1, 0.15) is 56.7 Å². The Kier molecular flexibility index (Phi) is 9.25. The molecule has 42 heavy (non-hydrogen) atoms. The number of hydrogen-bond acceptors (Lipinski definition) is 8. The average Bonchev–Trinajstić information content (AvgIpc) is 3.49. The molecule has 0 radical (unpaired) electrons. The fraction of sp³-hybridized carbons (Fsp3) is 0.531. The first-order valence-electron chi connectivity index (χ1n) is 14.9. The maximum Gasteiger partial charge on any atom is 0.231 e. The molecule has 0 spiro atoms. The zero-order valence-electron chi connectivity index (χ0n) is 25.6. The number of aromatic nitrogens is 3. The van der Waals surface area contributed by atoms with Crippen LogP contribution in [0.5, 0.6) is 0 Å². The van der Waals surface area contributed by atoms with E-state index in [0.29, 0.717) is 25.1 Å². The Bertz CT molecular complexity index is 1360. The van der Waals surface area contributed by atoms with Gasteiger partial charge in [-0.25, -0.2) is 0 Å². The minimum Gasteiger partial charge on any atom is -0.413 e. The van der Waals surface area contributed by atoms with E-state index in [9.17, 15) is 0 Å². The van der Waals surface area contributed by atoms with E-state index in [1.807, 2.05) is 24.3 Å². The van der Waals surface area contributed by atoms with Gasteiger partial charge in [0.15, 0.2) is 14.0 Å². The number of hydrogen-bond donors (Lipinski definition) is 2. The van der Waals surface area contributed by atoms with Gasteiger partial charge in [0, 0.05) is 31.1 Å². The van der Waals surface area contributed by atoms with E-state index in [1.165, 1.54) is 11.1 Å². The normalized spacial score (nSPS) is 24.0. The van der Waals surface area contributed by atoms with E-state index in [2.05, 4.69) is 84.8 Å². The number of halogens is 1. The molecular weight excluding hydrogens is 566 g/mol. The molecule has 10 heteroatoms. The third-order valence-electron chi connectivity index (χ3n) is 9.13. The summed E-state index contributed by atoms with van der Waals surface area (Å²) >= 11 is 6.41. The second kappa shape index (κ2) is 12.6. The summed E-state index contributed by atoms with van der Waals surface area (Å²) in [5.41, 5.74) is 2.81. The minimum absolute atomic E-state index is 0.0841. The number of ether oxygens (including phenoxy) is 2. The lowest BCUT2D eigenvalue weighted by Crippen LogP contribution is -2.45. The van der Waals surface area contributed by atoms with E-state index in [0.717, 1.165) is 31.2 Å². The molecule has 2 aliphatic rings. The van der Waals surface area contributed by atoms with Gasteiger partial charge in [0.25, 0.3) is 0 Å². The summed E-state index contributed by atoms with van der Waals surface area (Å²) in [6.45, 7) is 12.7. The third kappa shape index (κ3) is 6.97. The highest BCUT2D eigenvalue weighted by Gasteiger charge is 2.44. The molecule has 1 fully saturated rings. The number of aryl methyl sites for hydroxylation is 1. The van der Waals surface area contributed by atoms with Gasteiger partial charge in [-0.05, 0) is 60.1 Å². The maximum absolute atomic E-state index is 6.95. The number of nitrogens with one attached hydrogen (secondary N) is 2. The van der Waals surface area contributed by atoms with Crippen molar-refractivity contribution < 1.29 is 13.9 Å². The second-order valence-corrected chi connectivity index (χ2v) is 18.1. The highest BCUT2D eigenvalue weighted by Crippen LogP contribution is 2.42. The molecule has 5 rings (SSSR count). The van der Waals surface area contributed by atoms with Crippen molar-refractivity contribution in [2.24, 2.45) is 5.92 Å². The quantitative estimate of drug-likeness (QED) is 0.174. The van der Waals surface area contributed by atoms with Crippen LogP contribution in [0.15, 0.2) is 54.6 Å².